The van der Waals surface area contributed by atoms with Crippen LogP contribution in [0.2, 0.25) is 0 Å². The average molecular weight is 245 g/mol. The number of rotatable bonds is 4. The predicted octanol–water partition coefficient (Wildman–Crippen LogP) is 3.96. The van der Waals surface area contributed by atoms with Gasteiger partial charge >= 0.3 is 0 Å². The van der Waals surface area contributed by atoms with Gasteiger partial charge in [0.2, 0.25) is 0 Å². The molecule has 1 aromatic carbocycles. The van der Waals surface area contributed by atoms with Crippen LogP contribution < -0.4 is 4.74 Å². The maximum Gasteiger partial charge on any atom is 0.124 e. The van der Waals surface area contributed by atoms with Crippen molar-refractivity contribution in [2.45, 2.75) is 41.0 Å². The smallest absolute Gasteiger partial charge is 0.124 e. The first-order chi connectivity index (χ1) is 8.42. The summed E-state index contributed by atoms with van der Waals surface area (Å²) in [4.78, 5) is 0. The molecule has 98 valence electrons. The highest BCUT2D eigenvalue weighted by atomic mass is 16.5. The first-order valence-corrected chi connectivity index (χ1v) is 6.45. The summed E-state index contributed by atoms with van der Waals surface area (Å²) in [5.41, 5.74) is 4.85. The molecule has 1 rings (SSSR count). The second-order valence-corrected chi connectivity index (χ2v) is 5.32. The van der Waals surface area contributed by atoms with Crippen LogP contribution in [0.3, 0.4) is 0 Å². The van der Waals surface area contributed by atoms with Crippen molar-refractivity contribution in [3.8, 4) is 11.8 Å². The van der Waals surface area contributed by atoms with Crippen molar-refractivity contribution < 1.29 is 4.74 Å². The number of ether oxygens (including phenoxy) is 1. The molecule has 0 saturated heterocycles. The first kappa shape index (κ1) is 14.6. The van der Waals surface area contributed by atoms with Crippen LogP contribution in [0, 0.1) is 43.9 Å². The minimum absolute atomic E-state index is 0.0795. The summed E-state index contributed by atoms with van der Waals surface area (Å²) in [6.07, 6.45) is 0.825. The molecule has 1 unspecified atom stereocenters. The van der Waals surface area contributed by atoms with Gasteiger partial charge in [0.1, 0.15) is 5.75 Å². The molecule has 0 bridgehead atoms. The topological polar surface area (TPSA) is 33.0 Å². The molecule has 0 aromatic heterocycles. The molecule has 0 heterocycles. The largest absolute Gasteiger partial charge is 0.496 e. The number of hydrogen-bond donors (Lipinski definition) is 0. The van der Waals surface area contributed by atoms with Gasteiger partial charge in [0.15, 0.2) is 0 Å². The van der Waals surface area contributed by atoms with Gasteiger partial charge in [-0.3, -0.25) is 0 Å². The lowest BCUT2D eigenvalue weighted by molar-refractivity contribution is 0.407. The van der Waals surface area contributed by atoms with E-state index in [0.717, 1.165) is 17.7 Å². The summed E-state index contributed by atoms with van der Waals surface area (Å²) < 4.78 is 5.43. The third kappa shape index (κ3) is 2.85. The van der Waals surface area contributed by atoms with Crippen LogP contribution in [-0.4, -0.2) is 7.11 Å². The van der Waals surface area contributed by atoms with Crippen LogP contribution in [0.5, 0.6) is 5.75 Å². The Bertz CT molecular complexity index is 469. The Balaban J connectivity index is 3.16. The SMILES string of the molecule is COc1c(C)cc(CC(C#N)C(C)C)c(C)c1C. The fourth-order valence-electron chi connectivity index (χ4n) is 2.34. The van der Waals surface area contributed by atoms with E-state index in [0.29, 0.717) is 5.92 Å². The minimum Gasteiger partial charge on any atom is -0.496 e. The normalized spacial score (nSPS) is 12.3. The van der Waals surface area contributed by atoms with Gasteiger partial charge in [-0.15, -0.1) is 0 Å². The van der Waals surface area contributed by atoms with E-state index >= 15 is 0 Å². The van der Waals surface area contributed by atoms with Crippen LogP contribution in [0.15, 0.2) is 6.07 Å². The van der Waals surface area contributed by atoms with Gasteiger partial charge in [-0.05, 0) is 55.4 Å². The highest BCUT2D eigenvalue weighted by Crippen LogP contribution is 2.30. The number of benzene rings is 1. The van der Waals surface area contributed by atoms with Crippen molar-refractivity contribution in [3.63, 3.8) is 0 Å². The zero-order chi connectivity index (χ0) is 13.9. The zero-order valence-electron chi connectivity index (χ0n) is 12.3. The molecule has 0 fully saturated rings. The summed E-state index contributed by atoms with van der Waals surface area (Å²) >= 11 is 0. The molecule has 0 aliphatic heterocycles. The van der Waals surface area contributed by atoms with E-state index in [4.69, 9.17) is 4.74 Å². The lowest BCUT2D eigenvalue weighted by atomic mass is 9.87. The molecule has 0 spiro atoms. The molecule has 2 nitrogen and oxygen atoms in total. The Hall–Kier alpha value is -1.49. The monoisotopic (exact) mass is 245 g/mol. The molecule has 0 amide bonds. The van der Waals surface area contributed by atoms with E-state index in [9.17, 15) is 5.26 Å². The lowest BCUT2D eigenvalue weighted by Crippen LogP contribution is -2.11. The summed E-state index contributed by atoms with van der Waals surface area (Å²) in [5, 5.41) is 9.21. The van der Waals surface area contributed by atoms with Crippen molar-refractivity contribution in [2.24, 2.45) is 11.8 Å². The fraction of sp³-hybridized carbons (Fsp3) is 0.562. The molecule has 1 atom stereocenters. The third-order valence-corrected chi connectivity index (χ3v) is 3.75. The molecule has 2 heteroatoms. The molecule has 0 aliphatic rings. The molecular weight excluding hydrogens is 222 g/mol. The molecule has 1 aromatic rings. The lowest BCUT2D eigenvalue weighted by Gasteiger charge is -2.19. The van der Waals surface area contributed by atoms with Crippen LogP contribution in [0.1, 0.15) is 36.1 Å². The van der Waals surface area contributed by atoms with Gasteiger partial charge < -0.3 is 4.74 Å². The average Bonchev–Trinajstić information content (AvgIpc) is 2.32. The minimum atomic E-state index is 0.0795. The van der Waals surface area contributed by atoms with Crippen molar-refractivity contribution >= 4 is 0 Å². The quantitative estimate of drug-likeness (QED) is 0.804. The predicted molar refractivity (Wildman–Crippen MR) is 74.9 cm³/mol. The number of hydrogen-bond acceptors (Lipinski definition) is 2. The van der Waals surface area contributed by atoms with Crippen molar-refractivity contribution in [1.29, 1.82) is 5.26 Å². The van der Waals surface area contributed by atoms with Crippen LogP contribution in [0.25, 0.3) is 0 Å². The highest BCUT2D eigenvalue weighted by Gasteiger charge is 2.17. The van der Waals surface area contributed by atoms with Gasteiger partial charge in [-0.2, -0.15) is 5.26 Å². The molecule has 0 aliphatic carbocycles. The second-order valence-electron chi connectivity index (χ2n) is 5.32. The van der Waals surface area contributed by atoms with Crippen molar-refractivity contribution in [3.05, 3.63) is 28.3 Å². The van der Waals surface area contributed by atoms with E-state index in [1.165, 1.54) is 16.7 Å². The van der Waals surface area contributed by atoms with Gasteiger partial charge in [0.05, 0.1) is 19.1 Å². The molecule has 0 N–H and O–H groups in total. The molecule has 0 radical (unpaired) electrons. The zero-order valence-corrected chi connectivity index (χ0v) is 12.3. The van der Waals surface area contributed by atoms with Gasteiger partial charge in [0, 0.05) is 0 Å². The molecule has 18 heavy (non-hydrogen) atoms. The van der Waals surface area contributed by atoms with Gasteiger partial charge in [-0.1, -0.05) is 19.9 Å². The Morgan fingerprint density at radius 3 is 2.28 bits per heavy atom. The Kier molecular flexibility index (Phi) is 4.78. The standard InChI is InChI=1S/C16H23NO/c1-10(2)15(9-17)8-14-7-11(3)16(18-6)13(5)12(14)4/h7,10,15H,8H2,1-6H3. The summed E-state index contributed by atoms with van der Waals surface area (Å²) in [6, 6.07) is 4.57. The van der Waals surface area contributed by atoms with Crippen LogP contribution in [-0.2, 0) is 6.42 Å². The summed E-state index contributed by atoms with van der Waals surface area (Å²) in [6.45, 7) is 10.5. The van der Waals surface area contributed by atoms with E-state index in [1.54, 1.807) is 7.11 Å². The number of nitrogens with zero attached hydrogens (tertiary/aromatic N) is 1. The summed E-state index contributed by atoms with van der Waals surface area (Å²) in [7, 11) is 1.71. The molecule has 0 saturated carbocycles. The second kappa shape index (κ2) is 5.91. The number of aryl methyl sites for hydroxylation is 1. The van der Waals surface area contributed by atoms with E-state index in [2.05, 4.69) is 46.8 Å². The summed E-state index contributed by atoms with van der Waals surface area (Å²) in [5.74, 6) is 1.43. The Morgan fingerprint density at radius 1 is 1.22 bits per heavy atom. The van der Waals surface area contributed by atoms with Crippen molar-refractivity contribution in [1.82, 2.24) is 0 Å². The fourth-order valence-corrected chi connectivity index (χ4v) is 2.34. The third-order valence-electron chi connectivity index (χ3n) is 3.75. The molecular formula is C16H23NO. The number of nitriles is 1. The van der Waals surface area contributed by atoms with E-state index in [1.807, 2.05) is 0 Å². The maximum atomic E-state index is 9.21. The van der Waals surface area contributed by atoms with E-state index in [-0.39, 0.29) is 5.92 Å². The van der Waals surface area contributed by atoms with Gasteiger partial charge in [-0.25, -0.2) is 0 Å². The maximum absolute atomic E-state index is 9.21. The van der Waals surface area contributed by atoms with Gasteiger partial charge in [0.25, 0.3) is 0 Å². The first-order valence-electron chi connectivity index (χ1n) is 6.45. The van der Waals surface area contributed by atoms with Crippen LogP contribution >= 0.6 is 0 Å². The van der Waals surface area contributed by atoms with Crippen LogP contribution in [0.4, 0.5) is 0 Å². The Morgan fingerprint density at radius 2 is 1.83 bits per heavy atom. The highest BCUT2D eigenvalue weighted by molar-refractivity contribution is 5.49. The number of methoxy groups -OCH3 is 1. The Labute approximate surface area is 111 Å². The van der Waals surface area contributed by atoms with Crippen molar-refractivity contribution in [2.75, 3.05) is 7.11 Å². The van der Waals surface area contributed by atoms with E-state index < -0.39 is 0 Å².